The number of quaternary nitrogens is 1. The van der Waals surface area contributed by atoms with E-state index in [1.807, 2.05) is 32.9 Å². The molecule has 1 aromatic rings. The van der Waals surface area contributed by atoms with Gasteiger partial charge in [0.25, 0.3) is 5.91 Å². The molecular formula is C20H33N2O3+. The summed E-state index contributed by atoms with van der Waals surface area (Å²) in [6, 6.07) is 6.71. The minimum atomic E-state index is -0.261. The van der Waals surface area contributed by atoms with Crippen LogP contribution in [0.4, 0.5) is 0 Å². The van der Waals surface area contributed by atoms with Gasteiger partial charge in [0.15, 0.2) is 18.1 Å². The second-order valence-corrected chi connectivity index (χ2v) is 7.91. The number of ether oxygens (including phenoxy) is 2. The van der Waals surface area contributed by atoms with Crippen molar-refractivity contribution in [2.45, 2.75) is 71.0 Å². The fourth-order valence-corrected chi connectivity index (χ4v) is 3.23. The van der Waals surface area contributed by atoms with E-state index in [0.717, 1.165) is 12.6 Å². The van der Waals surface area contributed by atoms with Gasteiger partial charge in [-0.05, 0) is 64.7 Å². The molecular weight excluding hydrogens is 316 g/mol. The first kappa shape index (κ1) is 19.6. The summed E-state index contributed by atoms with van der Waals surface area (Å²) >= 11 is 0. The van der Waals surface area contributed by atoms with Crippen molar-refractivity contribution >= 4 is 5.91 Å². The van der Waals surface area contributed by atoms with Crippen LogP contribution in [0.1, 0.15) is 58.4 Å². The quantitative estimate of drug-likeness (QED) is 0.794. The summed E-state index contributed by atoms with van der Waals surface area (Å²) in [6.45, 7) is 6.78. The van der Waals surface area contributed by atoms with E-state index in [1.54, 1.807) is 7.11 Å². The standard InChI is InChI=1S/C20H32N2O3/c1-20(2,3)22-19(23)14-25-17-11-10-15(12-18(17)24-4)13-21-16-8-6-5-7-9-16/h10-12,16,21H,5-9,13-14H2,1-4H3,(H,22,23)/p+1. The molecule has 0 aliphatic heterocycles. The highest BCUT2D eigenvalue weighted by Gasteiger charge is 2.17. The Hall–Kier alpha value is -1.75. The SMILES string of the molecule is COc1cc(C[NH2+]C2CCCCC2)ccc1OCC(=O)NC(C)(C)C. The third-order valence-electron chi connectivity index (χ3n) is 4.44. The van der Waals surface area contributed by atoms with Gasteiger partial charge in [0, 0.05) is 11.1 Å². The maximum Gasteiger partial charge on any atom is 0.258 e. The predicted octanol–water partition coefficient (Wildman–Crippen LogP) is 2.38. The lowest BCUT2D eigenvalue weighted by molar-refractivity contribution is -0.706. The molecule has 0 bridgehead atoms. The second kappa shape index (κ2) is 9.09. The number of hydrogen-bond acceptors (Lipinski definition) is 3. The third kappa shape index (κ3) is 6.94. The van der Waals surface area contributed by atoms with Gasteiger partial charge in [0.1, 0.15) is 6.54 Å². The Labute approximate surface area is 151 Å². The molecule has 25 heavy (non-hydrogen) atoms. The van der Waals surface area contributed by atoms with Crippen LogP contribution >= 0.6 is 0 Å². The number of benzene rings is 1. The number of carbonyl (C=O) groups excluding carboxylic acids is 1. The van der Waals surface area contributed by atoms with E-state index in [2.05, 4.69) is 16.7 Å². The fourth-order valence-electron chi connectivity index (χ4n) is 3.23. The molecule has 0 atom stereocenters. The van der Waals surface area contributed by atoms with Crippen molar-refractivity contribution in [1.82, 2.24) is 5.32 Å². The lowest BCUT2D eigenvalue weighted by atomic mass is 9.95. The van der Waals surface area contributed by atoms with E-state index in [9.17, 15) is 4.79 Å². The van der Waals surface area contributed by atoms with Crippen LogP contribution in [0, 0.1) is 0 Å². The van der Waals surface area contributed by atoms with Crippen LogP contribution in [0.25, 0.3) is 0 Å². The Kier molecular flexibility index (Phi) is 7.12. The van der Waals surface area contributed by atoms with E-state index >= 15 is 0 Å². The van der Waals surface area contributed by atoms with Crippen molar-refractivity contribution in [3.63, 3.8) is 0 Å². The number of rotatable bonds is 7. The highest BCUT2D eigenvalue weighted by molar-refractivity contribution is 5.78. The number of nitrogens with one attached hydrogen (secondary N) is 1. The van der Waals surface area contributed by atoms with Gasteiger partial charge in [0.05, 0.1) is 13.2 Å². The molecule has 2 rings (SSSR count). The van der Waals surface area contributed by atoms with Gasteiger partial charge < -0.3 is 20.1 Å². The largest absolute Gasteiger partial charge is 0.493 e. The summed E-state index contributed by atoms with van der Waals surface area (Å²) in [5.74, 6) is 1.15. The number of amides is 1. The summed E-state index contributed by atoms with van der Waals surface area (Å²) in [5.41, 5.74) is 0.956. The topological polar surface area (TPSA) is 64.2 Å². The lowest BCUT2D eigenvalue weighted by Crippen LogP contribution is -2.88. The molecule has 0 heterocycles. The molecule has 1 amide bonds. The first-order chi connectivity index (χ1) is 11.9. The van der Waals surface area contributed by atoms with E-state index < -0.39 is 0 Å². The minimum absolute atomic E-state index is 0.0127. The smallest absolute Gasteiger partial charge is 0.258 e. The van der Waals surface area contributed by atoms with Crippen LogP contribution in [-0.4, -0.2) is 31.2 Å². The molecule has 0 radical (unpaired) electrons. The van der Waals surface area contributed by atoms with Crippen molar-refractivity contribution < 1.29 is 19.6 Å². The Morgan fingerprint density at radius 1 is 1.20 bits per heavy atom. The zero-order valence-electron chi connectivity index (χ0n) is 16.1. The lowest BCUT2D eigenvalue weighted by Gasteiger charge is -2.21. The third-order valence-corrected chi connectivity index (χ3v) is 4.44. The summed E-state index contributed by atoms with van der Waals surface area (Å²) in [7, 11) is 1.63. The van der Waals surface area contributed by atoms with Gasteiger partial charge in [-0.2, -0.15) is 0 Å². The van der Waals surface area contributed by atoms with Gasteiger partial charge in [-0.1, -0.05) is 6.42 Å². The Balaban J connectivity index is 1.88. The van der Waals surface area contributed by atoms with Crippen LogP contribution in [0.15, 0.2) is 18.2 Å². The Bertz CT molecular complexity index is 561. The zero-order chi connectivity index (χ0) is 18.3. The molecule has 0 aromatic heterocycles. The van der Waals surface area contributed by atoms with E-state index in [-0.39, 0.29) is 18.1 Å². The number of methoxy groups -OCH3 is 1. The second-order valence-electron chi connectivity index (χ2n) is 7.91. The highest BCUT2D eigenvalue weighted by atomic mass is 16.5. The Morgan fingerprint density at radius 3 is 2.56 bits per heavy atom. The molecule has 5 heteroatoms. The van der Waals surface area contributed by atoms with Crippen molar-refractivity contribution in [2.24, 2.45) is 0 Å². The van der Waals surface area contributed by atoms with Gasteiger partial charge in [0.2, 0.25) is 0 Å². The van der Waals surface area contributed by atoms with E-state index in [1.165, 1.54) is 37.7 Å². The van der Waals surface area contributed by atoms with Crippen molar-refractivity contribution in [1.29, 1.82) is 0 Å². The summed E-state index contributed by atoms with van der Waals surface area (Å²) in [4.78, 5) is 11.9. The van der Waals surface area contributed by atoms with Gasteiger partial charge >= 0.3 is 0 Å². The first-order valence-electron chi connectivity index (χ1n) is 9.31. The fraction of sp³-hybridized carbons (Fsp3) is 0.650. The molecule has 5 nitrogen and oxygen atoms in total. The predicted molar refractivity (Wildman–Crippen MR) is 98.9 cm³/mol. The van der Waals surface area contributed by atoms with Crippen LogP contribution in [0.2, 0.25) is 0 Å². The number of nitrogens with two attached hydrogens (primary N) is 1. The molecule has 1 fully saturated rings. The number of carbonyl (C=O) groups is 1. The summed E-state index contributed by atoms with van der Waals surface area (Å²) < 4.78 is 11.1. The molecule has 0 saturated heterocycles. The molecule has 1 aliphatic carbocycles. The van der Waals surface area contributed by atoms with Crippen molar-refractivity contribution in [3.05, 3.63) is 23.8 Å². The van der Waals surface area contributed by atoms with Crippen molar-refractivity contribution in [2.75, 3.05) is 13.7 Å². The van der Waals surface area contributed by atoms with E-state index in [0.29, 0.717) is 11.5 Å². The molecule has 3 N–H and O–H groups in total. The van der Waals surface area contributed by atoms with Crippen LogP contribution in [0.5, 0.6) is 11.5 Å². The average Bonchev–Trinajstić information content (AvgIpc) is 2.58. The van der Waals surface area contributed by atoms with E-state index in [4.69, 9.17) is 9.47 Å². The maximum absolute atomic E-state index is 11.9. The highest BCUT2D eigenvalue weighted by Crippen LogP contribution is 2.28. The summed E-state index contributed by atoms with van der Waals surface area (Å²) in [6.07, 6.45) is 6.73. The normalized spacial score (nSPS) is 15.7. The molecule has 1 aromatic carbocycles. The van der Waals surface area contributed by atoms with Crippen LogP contribution < -0.4 is 20.1 Å². The zero-order valence-corrected chi connectivity index (χ0v) is 16.1. The molecule has 1 aliphatic rings. The molecule has 1 saturated carbocycles. The summed E-state index contributed by atoms with van der Waals surface area (Å²) in [5, 5.41) is 5.32. The Morgan fingerprint density at radius 2 is 1.92 bits per heavy atom. The monoisotopic (exact) mass is 349 g/mol. The molecule has 140 valence electrons. The van der Waals surface area contributed by atoms with Crippen LogP contribution in [0.3, 0.4) is 0 Å². The number of hydrogen-bond donors (Lipinski definition) is 2. The molecule has 0 spiro atoms. The molecule has 0 unspecified atom stereocenters. The van der Waals surface area contributed by atoms with Gasteiger partial charge in [-0.15, -0.1) is 0 Å². The van der Waals surface area contributed by atoms with Gasteiger partial charge in [-0.3, -0.25) is 4.79 Å². The minimum Gasteiger partial charge on any atom is -0.493 e. The first-order valence-corrected chi connectivity index (χ1v) is 9.31. The average molecular weight is 349 g/mol. The van der Waals surface area contributed by atoms with Crippen molar-refractivity contribution in [3.8, 4) is 11.5 Å². The van der Waals surface area contributed by atoms with Crippen LogP contribution in [-0.2, 0) is 11.3 Å². The van der Waals surface area contributed by atoms with Gasteiger partial charge in [-0.25, -0.2) is 0 Å². The maximum atomic E-state index is 11.9.